The molecule has 0 amide bonds. The highest BCUT2D eigenvalue weighted by molar-refractivity contribution is 6.10. The molecule has 1 aromatic heterocycles. The molecule has 0 aliphatic rings. The third-order valence-corrected chi connectivity index (χ3v) is 3.39. The van der Waals surface area contributed by atoms with E-state index in [4.69, 9.17) is 4.74 Å². The van der Waals surface area contributed by atoms with E-state index in [1.165, 1.54) is 0 Å². The van der Waals surface area contributed by atoms with Crippen LogP contribution >= 0.6 is 0 Å². The molecular formula is C15H18N2O2. The molecule has 0 fully saturated rings. The standard InChI is InChI=1S/C15H18N2O2/c1-5-17-14(13(19-4)9-16-17)15(18)12-8-6-7-10(2)11(12)3/h6-9H,5H2,1-4H3. The fraction of sp³-hybridized carbons (Fsp3) is 0.333. The second-order valence-corrected chi connectivity index (χ2v) is 4.45. The molecule has 0 radical (unpaired) electrons. The molecule has 0 bridgehead atoms. The minimum absolute atomic E-state index is 0.0441. The topological polar surface area (TPSA) is 44.1 Å². The Labute approximate surface area is 113 Å². The van der Waals surface area contributed by atoms with E-state index in [1.807, 2.05) is 39.0 Å². The molecule has 1 aromatic carbocycles. The van der Waals surface area contributed by atoms with E-state index < -0.39 is 0 Å². The van der Waals surface area contributed by atoms with Crippen molar-refractivity contribution in [1.29, 1.82) is 0 Å². The summed E-state index contributed by atoms with van der Waals surface area (Å²) in [5.74, 6) is 0.477. The molecule has 4 heteroatoms. The summed E-state index contributed by atoms with van der Waals surface area (Å²) in [7, 11) is 1.55. The van der Waals surface area contributed by atoms with Crippen molar-refractivity contribution in [3.63, 3.8) is 0 Å². The van der Waals surface area contributed by atoms with Crippen LogP contribution in [-0.4, -0.2) is 22.7 Å². The van der Waals surface area contributed by atoms with Crippen LogP contribution in [0.4, 0.5) is 0 Å². The highest BCUT2D eigenvalue weighted by atomic mass is 16.5. The summed E-state index contributed by atoms with van der Waals surface area (Å²) < 4.78 is 6.91. The van der Waals surface area contributed by atoms with Crippen LogP contribution in [0.15, 0.2) is 24.4 Å². The number of ketones is 1. The Balaban J connectivity index is 2.55. The van der Waals surface area contributed by atoms with Gasteiger partial charge in [0.2, 0.25) is 5.78 Å². The largest absolute Gasteiger partial charge is 0.493 e. The summed E-state index contributed by atoms with van der Waals surface area (Å²) in [6, 6.07) is 5.74. The molecule has 0 atom stereocenters. The van der Waals surface area contributed by atoms with Gasteiger partial charge in [0.15, 0.2) is 11.4 Å². The molecule has 2 rings (SSSR count). The summed E-state index contributed by atoms with van der Waals surface area (Å²) in [4.78, 5) is 12.7. The van der Waals surface area contributed by atoms with Gasteiger partial charge < -0.3 is 4.74 Å². The molecule has 0 N–H and O–H groups in total. The lowest BCUT2D eigenvalue weighted by molar-refractivity contribution is 0.102. The van der Waals surface area contributed by atoms with Crippen LogP contribution in [0, 0.1) is 13.8 Å². The van der Waals surface area contributed by atoms with Gasteiger partial charge in [0.1, 0.15) is 0 Å². The maximum Gasteiger partial charge on any atom is 0.215 e. The van der Waals surface area contributed by atoms with Gasteiger partial charge in [-0.05, 0) is 31.9 Å². The summed E-state index contributed by atoms with van der Waals surface area (Å²) in [6.07, 6.45) is 1.59. The molecule has 1 heterocycles. The number of carbonyl (C=O) groups is 1. The molecule has 0 saturated heterocycles. The van der Waals surface area contributed by atoms with E-state index in [0.29, 0.717) is 23.6 Å². The first kappa shape index (κ1) is 13.3. The number of hydrogen-bond acceptors (Lipinski definition) is 3. The van der Waals surface area contributed by atoms with Gasteiger partial charge in [-0.1, -0.05) is 18.2 Å². The lowest BCUT2D eigenvalue weighted by atomic mass is 9.98. The Morgan fingerprint density at radius 1 is 1.37 bits per heavy atom. The smallest absolute Gasteiger partial charge is 0.215 e. The average Bonchev–Trinajstić information content (AvgIpc) is 2.84. The quantitative estimate of drug-likeness (QED) is 0.792. The Bertz CT molecular complexity index is 593. The van der Waals surface area contributed by atoms with Crippen molar-refractivity contribution in [2.24, 2.45) is 0 Å². The Morgan fingerprint density at radius 3 is 2.74 bits per heavy atom. The zero-order valence-electron chi connectivity index (χ0n) is 11.7. The van der Waals surface area contributed by atoms with Crippen LogP contribution in [0.25, 0.3) is 0 Å². The van der Waals surface area contributed by atoms with Crippen molar-refractivity contribution < 1.29 is 9.53 Å². The zero-order chi connectivity index (χ0) is 14.0. The summed E-state index contributed by atoms with van der Waals surface area (Å²) in [6.45, 7) is 6.55. The molecule has 0 aliphatic carbocycles. The third-order valence-electron chi connectivity index (χ3n) is 3.39. The van der Waals surface area contributed by atoms with Crippen molar-refractivity contribution in [2.45, 2.75) is 27.3 Å². The Hall–Kier alpha value is -2.10. The Morgan fingerprint density at radius 2 is 2.11 bits per heavy atom. The van der Waals surface area contributed by atoms with Crippen LogP contribution in [0.3, 0.4) is 0 Å². The van der Waals surface area contributed by atoms with E-state index in [-0.39, 0.29) is 5.78 Å². The van der Waals surface area contributed by atoms with Gasteiger partial charge >= 0.3 is 0 Å². The monoisotopic (exact) mass is 258 g/mol. The molecule has 19 heavy (non-hydrogen) atoms. The highest BCUT2D eigenvalue weighted by Crippen LogP contribution is 2.23. The predicted molar refractivity (Wildman–Crippen MR) is 73.8 cm³/mol. The van der Waals surface area contributed by atoms with E-state index in [2.05, 4.69) is 5.10 Å². The van der Waals surface area contributed by atoms with E-state index in [9.17, 15) is 4.79 Å². The number of hydrogen-bond donors (Lipinski definition) is 0. The molecule has 0 spiro atoms. The number of benzene rings is 1. The van der Waals surface area contributed by atoms with Crippen molar-refractivity contribution in [1.82, 2.24) is 9.78 Å². The van der Waals surface area contributed by atoms with E-state index in [0.717, 1.165) is 11.1 Å². The number of methoxy groups -OCH3 is 1. The second kappa shape index (κ2) is 5.26. The minimum atomic E-state index is -0.0441. The van der Waals surface area contributed by atoms with Gasteiger partial charge in [0.25, 0.3) is 0 Å². The fourth-order valence-corrected chi connectivity index (χ4v) is 2.11. The van der Waals surface area contributed by atoms with Gasteiger partial charge in [0, 0.05) is 12.1 Å². The normalized spacial score (nSPS) is 10.5. The summed E-state index contributed by atoms with van der Waals surface area (Å²) >= 11 is 0. The fourth-order valence-electron chi connectivity index (χ4n) is 2.11. The van der Waals surface area contributed by atoms with Crippen LogP contribution in [0.1, 0.15) is 34.1 Å². The first-order valence-electron chi connectivity index (χ1n) is 6.30. The van der Waals surface area contributed by atoms with Gasteiger partial charge in [-0.15, -0.1) is 0 Å². The molecule has 100 valence electrons. The van der Waals surface area contributed by atoms with Crippen LogP contribution in [-0.2, 0) is 6.54 Å². The molecule has 4 nitrogen and oxygen atoms in total. The van der Waals surface area contributed by atoms with Crippen molar-refractivity contribution >= 4 is 5.78 Å². The van der Waals surface area contributed by atoms with Crippen LogP contribution < -0.4 is 4.74 Å². The molecule has 2 aromatic rings. The first-order valence-corrected chi connectivity index (χ1v) is 6.30. The number of carbonyl (C=O) groups excluding carboxylic acids is 1. The zero-order valence-corrected chi connectivity index (χ0v) is 11.7. The first-order chi connectivity index (χ1) is 9.10. The number of nitrogens with zero attached hydrogens (tertiary/aromatic N) is 2. The lowest BCUT2D eigenvalue weighted by Crippen LogP contribution is -2.13. The third kappa shape index (κ3) is 2.26. The maximum atomic E-state index is 12.7. The second-order valence-electron chi connectivity index (χ2n) is 4.45. The van der Waals surface area contributed by atoms with Crippen LogP contribution in [0.2, 0.25) is 0 Å². The van der Waals surface area contributed by atoms with Gasteiger partial charge in [-0.25, -0.2) is 0 Å². The maximum absolute atomic E-state index is 12.7. The molecule has 0 aliphatic heterocycles. The van der Waals surface area contributed by atoms with Crippen LogP contribution in [0.5, 0.6) is 5.75 Å². The number of ether oxygens (including phenoxy) is 1. The van der Waals surface area contributed by atoms with Gasteiger partial charge in [-0.2, -0.15) is 5.10 Å². The molecule has 0 saturated carbocycles. The summed E-state index contributed by atoms with van der Waals surface area (Å²) in [5, 5.41) is 4.17. The number of aromatic nitrogens is 2. The lowest BCUT2D eigenvalue weighted by Gasteiger charge is -2.10. The van der Waals surface area contributed by atoms with Gasteiger partial charge in [-0.3, -0.25) is 9.48 Å². The van der Waals surface area contributed by atoms with Crippen molar-refractivity contribution in [3.8, 4) is 5.75 Å². The van der Waals surface area contributed by atoms with E-state index in [1.54, 1.807) is 18.0 Å². The Kier molecular flexibility index (Phi) is 3.69. The van der Waals surface area contributed by atoms with Gasteiger partial charge in [0.05, 0.1) is 13.3 Å². The highest BCUT2D eigenvalue weighted by Gasteiger charge is 2.21. The summed E-state index contributed by atoms with van der Waals surface area (Å²) in [5.41, 5.74) is 3.32. The number of aryl methyl sites for hydroxylation is 2. The predicted octanol–water partition coefficient (Wildman–Crippen LogP) is 2.76. The minimum Gasteiger partial charge on any atom is -0.493 e. The average molecular weight is 258 g/mol. The molecule has 0 unspecified atom stereocenters. The SMILES string of the molecule is CCn1ncc(OC)c1C(=O)c1cccc(C)c1C. The van der Waals surface area contributed by atoms with Crippen molar-refractivity contribution in [3.05, 3.63) is 46.8 Å². The molecular weight excluding hydrogens is 240 g/mol. The number of rotatable bonds is 4. The van der Waals surface area contributed by atoms with Crippen molar-refractivity contribution in [2.75, 3.05) is 7.11 Å². The van der Waals surface area contributed by atoms with E-state index >= 15 is 0 Å².